The normalized spacial score (nSPS) is 14.1. The van der Waals surface area contributed by atoms with E-state index in [0.717, 1.165) is 24.6 Å². The summed E-state index contributed by atoms with van der Waals surface area (Å²) in [6.07, 6.45) is 3.49. The number of hydrogen-bond acceptors (Lipinski definition) is 3. The Morgan fingerprint density at radius 3 is 2.41 bits per heavy atom. The predicted octanol–water partition coefficient (Wildman–Crippen LogP) is 2.98. The van der Waals surface area contributed by atoms with Crippen molar-refractivity contribution in [1.82, 2.24) is 0 Å². The number of aliphatic carboxylic acids is 1. The first-order valence-corrected chi connectivity index (χ1v) is 7.14. The molecule has 0 radical (unpaired) electrons. The molecule has 0 aromatic carbocycles. The number of unbranched alkanes of at least 4 members (excludes halogenated alkanes) is 2. The minimum absolute atomic E-state index is 0.216. The van der Waals surface area contributed by atoms with E-state index in [9.17, 15) is 9.59 Å². The number of hydrogen-bond donors (Lipinski definition) is 1. The molecule has 0 rings (SSSR count). The molecule has 0 aliphatic heterocycles. The Labute approximate surface area is 111 Å². The van der Waals surface area contributed by atoms with Crippen LogP contribution in [0.25, 0.3) is 0 Å². The quantitative estimate of drug-likeness (QED) is 0.308. The number of carboxylic acids is 1. The Morgan fingerprint density at radius 2 is 1.94 bits per heavy atom. The molecule has 1 N–H and O–H groups in total. The number of esters is 1. The molecule has 0 saturated heterocycles. The molecule has 0 saturated carbocycles. The van der Waals surface area contributed by atoms with Gasteiger partial charge >= 0.3 is 11.9 Å². The molecular weight excluding hydrogens is 288 g/mol. The van der Waals surface area contributed by atoms with Gasteiger partial charge in [0.05, 0.1) is 6.10 Å². The van der Waals surface area contributed by atoms with Crippen LogP contribution in [0, 0.1) is 5.92 Å². The molecule has 0 bridgehead atoms. The van der Waals surface area contributed by atoms with E-state index in [1.807, 2.05) is 6.92 Å². The minimum Gasteiger partial charge on any atom is -0.481 e. The molecule has 2 unspecified atom stereocenters. The Bertz CT molecular complexity index is 243. The predicted molar refractivity (Wildman–Crippen MR) is 69.2 cm³/mol. The van der Waals surface area contributed by atoms with Crippen molar-refractivity contribution in [2.24, 2.45) is 5.92 Å². The zero-order valence-electron chi connectivity index (χ0n) is 10.4. The summed E-state index contributed by atoms with van der Waals surface area (Å²) in [4.78, 5) is 22.6. The van der Waals surface area contributed by atoms with E-state index in [1.54, 1.807) is 6.92 Å². The van der Waals surface area contributed by atoms with Crippen LogP contribution >= 0.6 is 15.9 Å². The number of ether oxygens (including phenoxy) is 1. The zero-order chi connectivity index (χ0) is 13.3. The second kappa shape index (κ2) is 9.45. The van der Waals surface area contributed by atoms with E-state index in [1.165, 1.54) is 0 Å². The number of carbonyl (C=O) groups excluding carboxylic acids is 1. The van der Waals surface area contributed by atoms with E-state index < -0.39 is 17.9 Å². The molecule has 0 aliphatic carbocycles. The Morgan fingerprint density at radius 1 is 1.29 bits per heavy atom. The fraction of sp³-hybridized carbons (Fsp3) is 0.833. The van der Waals surface area contributed by atoms with Gasteiger partial charge in [-0.25, -0.2) is 0 Å². The lowest BCUT2D eigenvalue weighted by atomic mass is 10.0. The number of carboxylic acid groups (broad SMARTS) is 1. The third kappa shape index (κ3) is 7.36. The first-order valence-electron chi connectivity index (χ1n) is 6.02. The van der Waals surface area contributed by atoms with E-state index in [2.05, 4.69) is 15.9 Å². The van der Waals surface area contributed by atoms with Gasteiger partial charge in [-0.3, -0.25) is 9.59 Å². The topological polar surface area (TPSA) is 63.6 Å². The van der Waals surface area contributed by atoms with Crippen molar-refractivity contribution in [3.8, 4) is 0 Å². The van der Waals surface area contributed by atoms with Crippen LogP contribution in [-0.4, -0.2) is 28.5 Å². The first-order chi connectivity index (χ1) is 8.02. The van der Waals surface area contributed by atoms with Crippen molar-refractivity contribution in [2.75, 3.05) is 5.33 Å². The average Bonchev–Trinajstić information content (AvgIpc) is 2.28. The lowest BCUT2D eigenvalue weighted by Gasteiger charge is -2.15. The third-order valence-corrected chi connectivity index (χ3v) is 3.16. The monoisotopic (exact) mass is 308 g/mol. The molecule has 0 amide bonds. The van der Waals surface area contributed by atoms with Crippen LogP contribution in [0.5, 0.6) is 0 Å². The molecule has 100 valence electrons. The standard InChI is InChI=1S/C12H21BrO4/c1-3-9(2)17-12(16)10(11(14)15)7-5-4-6-8-13/h9-10H,3-8H2,1-2H3,(H,14,15). The van der Waals surface area contributed by atoms with Crippen LogP contribution in [0.3, 0.4) is 0 Å². The lowest BCUT2D eigenvalue weighted by Crippen LogP contribution is -2.28. The molecular formula is C12H21BrO4. The van der Waals surface area contributed by atoms with Gasteiger partial charge < -0.3 is 9.84 Å². The van der Waals surface area contributed by atoms with Crippen LogP contribution in [-0.2, 0) is 14.3 Å². The van der Waals surface area contributed by atoms with Gasteiger partial charge in [-0.1, -0.05) is 35.7 Å². The molecule has 17 heavy (non-hydrogen) atoms. The summed E-state index contributed by atoms with van der Waals surface area (Å²) in [5.74, 6) is -2.71. The molecule has 5 heteroatoms. The van der Waals surface area contributed by atoms with Crippen LogP contribution < -0.4 is 0 Å². The molecule has 0 spiro atoms. The van der Waals surface area contributed by atoms with Crippen molar-refractivity contribution in [3.63, 3.8) is 0 Å². The highest BCUT2D eigenvalue weighted by atomic mass is 79.9. The summed E-state index contributed by atoms with van der Waals surface area (Å²) in [6.45, 7) is 3.66. The number of rotatable bonds is 9. The van der Waals surface area contributed by atoms with Crippen molar-refractivity contribution in [3.05, 3.63) is 0 Å². The average molecular weight is 309 g/mol. The van der Waals surface area contributed by atoms with Crippen molar-refractivity contribution in [1.29, 1.82) is 0 Å². The molecule has 0 heterocycles. The van der Waals surface area contributed by atoms with Crippen molar-refractivity contribution in [2.45, 2.75) is 52.1 Å². The van der Waals surface area contributed by atoms with Gasteiger partial charge in [0.15, 0.2) is 5.92 Å². The summed E-state index contributed by atoms with van der Waals surface area (Å²) in [7, 11) is 0. The maximum absolute atomic E-state index is 11.6. The second-order valence-corrected chi connectivity index (χ2v) is 4.88. The van der Waals surface area contributed by atoms with Gasteiger partial charge in [0, 0.05) is 5.33 Å². The van der Waals surface area contributed by atoms with Crippen LogP contribution in [0.15, 0.2) is 0 Å². The highest BCUT2D eigenvalue weighted by Gasteiger charge is 2.28. The maximum atomic E-state index is 11.6. The summed E-state index contributed by atoms with van der Waals surface area (Å²) in [5, 5.41) is 9.88. The highest BCUT2D eigenvalue weighted by Crippen LogP contribution is 2.14. The fourth-order valence-corrected chi connectivity index (χ4v) is 1.72. The summed E-state index contributed by atoms with van der Waals surface area (Å²) in [6, 6.07) is 0. The smallest absolute Gasteiger partial charge is 0.320 e. The second-order valence-electron chi connectivity index (χ2n) is 4.08. The molecule has 0 aliphatic rings. The van der Waals surface area contributed by atoms with Crippen molar-refractivity contribution < 1.29 is 19.4 Å². The van der Waals surface area contributed by atoms with Gasteiger partial charge in [0.2, 0.25) is 0 Å². The van der Waals surface area contributed by atoms with Crippen molar-refractivity contribution >= 4 is 27.9 Å². The SMILES string of the molecule is CCC(C)OC(=O)C(CCCCCBr)C(=O)O. The molecule has 4 nitrogen and oxygen atoms in total. The number of alkyl halides is 1. The molecule has 0 fully saturated rings. The summed E-state index contributed by atoms with van der Waals surface area (Å²) >= 11 is 3.31. The van der Waals surface area contributed by atoms with E-state index in [0.29, 0.717) is 12.8 Å². The van der Waals surface area contributed by atoms with Gasteiger partial charge in [-0.05, 0) is 26.2 Å². The molecule has 2 atom stereocenters. The minimum atomic E-state index is -1.09. The maximum Gasteiger partial charge on any atom is 0.320 e. The van der Waals surface area contributed by atoms with E-state index in [4.69, 9.17) is 9.84 Å². The summed E-state index contributed by atoms with van der Waals surface area (Å²) in [5.41, 5.74) is 0. The van der Waals surface area contributed by atoms with Gasteiger partial charge in [-0.2, -0.15) is 0 Å². The van der Waals surface area contributed by atoms with Gasteiger partial charge in [0.25, 0.3) is 0 Å². The Kier molecular flexibility index (Phi) is 9.13. The van der Waals surface area contributed by atoms with E-state index in [-0.39, 0.29) is 6.10 Å². The summed E-state index contributed by atoms with van der Waals surface area (Å²) < 4.78 is 5.05. The number of halogens is 1. The highest BCUT2D eigenvalue weighted by molar-refractivity contribution is 9.09. The van der Waals surface area contributed by atoms with E-state index >= 15 is 0 Å². The molecule has 0 aromatic heterocycles. The first kappa shape index (κ1) is 16.4. The number of carbonyl (C=O) groups is 2. The largest absolute Gasteiger partial charge is 0.481 e. The zero-order valence-corrected chi connectivity index (χ0v) is 12.0. The Balaban J connectivity index is 4.13. The lowest BCUT2D eigenvalue weighted by molar-refractivity contribution is -0.162. The van der Waals surface area contributed by atoms with Gasteiger partial charge in [-0.15, -0.1) is 0 Å². The van der Waals surface area contributed by atoms with Crippen LogP contribution in [0.2, 0.25) is 0 Å². The Hall–Kier alpha value is -0.580. The van der Waals surface area contributed by atoms with Crippen LogP contribution in [0.4, 0.5) is 0 Å². The molecule has 0 aromatic rings. The van der Waals surface area contributed by atoms with Crippen LogP contribution in [0.1, 0.15) is 46.0 Å². The van der Waals surface area contributed by atoms with Gasteiger partial charge in [0.1, 0.15) is 0 Å². The third-order valence-electron chi connectivity index (χ3n) is 2.60. The fourth-order valence-electron chi connectivity index (χ4n) is 1.33.